The second-order valence-electron chi connectivity index (χ2n) is 8.32. The van der Waals surface area contributed by atoms with E-state index >= 15 is 0 Å². The Kier molecular flexibility index (Phi) is 5.33. The normalized spacial score (nSPS) is 18.4. The highest BCUT2D eigenvalue weighted by molar-refractivity contribution is 5.72. The molecule has 1 fully saturated rings. The van der Waals surface area contributed by atoms with Crippen LogP contribution in [0.2, 0.25) is 0 Å². The minimum Gasteiger partial charge on any atom is -0.487 e. The molecule has 0 unspecified atom stereocenters. The third-order valence-electron chi connectivity index (χ3n) is 6.38. The van der Waals surface area contributed by atoms with Crippen molar-refractivity contribution in [3.05, 3.63) is 83.9 Å². The largest absolute Gasteiger partial charge is 0.487 e. The Hall–Kier alpha value is -2.98. The summed E-state index contributed by atoms with van der Waals surface area (Å²) in [6.07, 6.45) is 3.57. The molecule has 0 bridgehead atoms. The zero-order valence-corrected chi connectivity index (χ0v) is 17.3. The first-order chi connectivity index (χ1) is 14.8. The molecule has 3 aromatic rings. The van der Waals surface area contributed by atoms with Crippen molar-refractivity contribution in [1.29, 1.82) is 0 Å². The van der Waals surface area contributed by atoms with Gasteiger partial charge < -0.3 is 15.4 Å². The lowest BCUT2D eigenvalue weighted by Gasteiger charge is -2.32. The lowest BCUT2D eigenvalue weighted by atomic mass is 10.1. The number of ether oxygens (including phenoxy) is 1. The molecule has 3 aromatic carbocycles. The van der Waals surface area contributed by atoms with Gasteiger partial charge in [0.2, 0.25) is 0 Å². The summed E-state index contributed by atoms with van der Waals surface area (Å²) in [4.78, 5) is 5.14. The molecule has 0 saturated carbocycles. The maximum Gasteiger partial charge on any atom is 0.143 e. The standard InChI is InChI=1S/C26H29N3O/c27-22-13-11-20(12-14-22)15-17-28-16-5-7-23(28)18-29-24-8-2-1-6-21(24)19-30-26-10-4-3-9-25(26)29/h1-4,6,8-14,23H,5,7,15-19,27H2/t23-/m1/s1. The van der Waals surface area contributed by atoms with Crippen LogP contribution in [0, 0.1) is 0 Å². The van der Waals surface area contributed by atoms with E-state index in [4.69, 9.17) is 10.5 Å². The maximum atomic E-state index is 6.15. The van der Waals surface area contributed by atoms with Crippen LogP contribution in [-0.4, -0.2) is 30.6 Å². The lowest BCUT2D eigenvalue weighted by molar-refractivity contribution is 0.261. The van der Waals surface area contributed by atoms with Gasteiger partial charge in [-0.2, -0.15) is 0 Å². The molecule has 4 heteroatoms. The zero-order valence-electron chi connectivity index (χ0n) is 17.3. The Balaban J connectivity index is 1.37. The van der Waals surface area contributed by atoms with Crippen molar-refractivity contribution >= 4 is 17.1 Å². The fraction of sp³-hybridized carbons (Fsp3) is 0.308. The molecular formula is C26H29N3O. The summed E-state index contributed by atoms with van der Waals surface area (Å²) in [6, 6.07) is 25.9. The molecule has 0 radical (unpaired) electrons. The fourth-order valence-corrected chi connectivity index (χ4v) is 4.74. The van der Waals surface area contributed by atoms with Gasteiger partial charge in [0.15, 0.2) is 0 Å². The Morgan fingerprint density at radius 2 is 1.67 bits per heavy atom. The number of para-hydroxylation sites is 3. The molecule has 2 aliphatic heterocycles. The van der Waals surface area contributed by atoms with Crippen LogP contribution in [-0.2, 0) is 13.0 Å². The van der Waals surface area contributed by atoms with Crippen LogP contribution < -0.4 is 15.4 Å². The van der Waals surface area contributed by atoms with Crippen LogP contribution in [0.3, 0.4) is 0 Å². The van der Waals surface area contributed by atoms with Gasteiger partial charge in [-0.15, -0.1) is 0 Å². The van der Waals surface area contributed by atoms with Gasteiger partial charge in [-0.05, 0) is 61.7 Å². The van der Waals surface area contributed by atoms with Crippen molar-refractivity contribution in [3.8, 4) is 5.75 Å². The molecule has 0 amide bonds. The number of fused-ring (bicyclic) bond motifs is 2. The molecule has 0 aromatic heterocycles. The number of hydrogen-bond acceptors (Lipinski definition) is 4. The number of rotatable bonds is 5. The SMILES string of the molecule is Nc1ccc(CCN2CCC[C@@H]2CN2c3ccccc3COc3ccccc32)cc1. The van der Waals surface area contributed by atoms with E-state index in [2.05, 4.69) is 70.5 Å². The number of likely N-dealkylation sites (tertiary alicyclic amines) is 1. The number of nitrogens with zero attached hydrogens (tertiary/aromatic N) is 2. The van der Waals surface area contributed by atoms with Gasteiger partial charge in [-0.1, -0.05) is 42.5 Å². The summed E-state index contributed by atoms with van der Waals surface area (Å²) in [5, 5.41) is 0. The summed E-state index contributed by atoms with van der Waals surface area (Å²) in [7, 11) is 0. The van der Waals surface area contributed by atoms with E-state index in [9.17, 15) is 0 Å². The molecule has 1 saturated heterocycles. The van der Waals surface area contributed by atoms with Gasteiger partial charge in [0.25, 0.3) is 0 Å². The van der Waals surface area contributed by atoms with Crippen molar-refractivity contribution in [2.24, 2.45) is 0 Å². The van der Waals surface area contributed by atoms with Crippen molar-refractivity contribution in [2.45, 2.75) is 31.9 Å². The minimum atomic E-state index is 0.540. The molecule has 0 aliphatic carbocycles. The van der Waals surface area contributed by atoms with Gasteiger partial charge in [0.1, 0.15) is 12.4 Å². The lowest BCUT2D eigenvalue weighted by Crippen LogP contribution is -2.39. The molecule has 2 N–H and O–H groups in total. The summed E-state index contributed by atoms with van der Waals surface area (Å²) in [5.41, 5.74) is 11.7. The third-order valence-corrected chi connectivity index (χ3v) is 6.38. The molecule has 2 heterocycles. The van der Waals surface area contributed by atoms with E-state index in [0.29, 0.717) is 12.6 Å². The van der Waals surface area contributed by atoms with Crippen molar-refractivity contribution in [1.82, 2.24) is 4.90 Å². The molecule has 5 rings (SSSR count). The third kappa shape index (κ3) is 3.88. The van der Waals surface area contributed by atoms with Gasteiger partial charge in [0, 0.05) is 36.1 Å². The molecule has 154 valence electrons. The van der Waals surface area contributed by atoms with Crippen LogP contribution in [0.5, 0.6) is 5.75 Å². The first-order valence-corrected chi connectivity index (χ1v) is 10.9. The van der Waals surface area contributed by atoms with E-state index in [1.807, 2.05) is 12.1 Å². The predicted octanol–water partition coefficient (Wildman–Crippen LogP) is 5.01. The van der Waals surface area contributed by atoms with Crippen LogP contribution >= 0.6 is 0 Å². The van der Waals surface area contributed by atoms with Crippen LogP contribution in [0.25, 0.3) is 0 Å². The number of benzene rings is 3. The maximum absolute atomic E-state index is 6.15. The smallest absolute Gasteiger partial charge is 0.143 e. The van der Waals surface area contributed by atoms with E-state index in [-0.39, 0.29) is 0 Å². The summed E-state index contributed by atoms with van der Waals surface area (Å²) >= 11 is 0. The molecule has 2 aliphatic rings. The molecule has 1 atom stereocenters. The fourth-order valence-electron chi connectivity index (χ4n) is 4.74. The quantitative estimate of drug-likeness (QED) is 0.613. The van der Waals surface area contributed by atoms with E-state index in [1.54, 1.807) is 0 Å². The van der Waals surface area contributed by atoms with Gasteiger partial charge >= 0.3 is 0 Å². The number of nitrogen functional groups attached to an aromatic ring is 1. The Labute approximate surface area is 178 Å². The number of nitrogens with two attached hydrogens (primary N) is 1. The predicted molar refractivity (Wildman–Crippen MR) is 123 cm³/mol. The summed E-state index contributed by atoms with van der Waals surface area (Å²) in [6.45, 7) is 3.86. The second kappa shape index (κ2) is 8.41. The zero-order chi connectivity index (χ0) is 20.3. The molecule has 0 spiro atoms. The summed E-state index contributed by atoms with van der Waals surface area (Å²) < 4.78 is 6.15. The van der Waals surface area contributed by atoms with Crippen molar-refractivity contribution in [3.63, 3.8) is 0 Å². The van der Waals surface area contributed by atoms with Crippen LogP contribution in [0.1, 0.15) is 24.0 Å². The van der Waals surface area contributed by atoms with Crippen LogP contribution in [0.15, 0.2) is 72.8 Å². The highest BCUT2D eigenvalue weighted by Crippen LogP contribution is 2.40. The highest BCUT2D eigenvalue weighted by Gasteiger charge is 2.29. The van der Waals surface area contributed by atoms with Gasteiger partial charge in [-0.3, -0.25) is 4.90 Å². The van der Waals surface area contributed by atoms with Crippen LogP contribution in [0.4, 0.5) is 17.1 Å². The van der Waals surface area contributed by atoms with E-state index < -0.39 is 0 Å². The number of anilines is 3. The Bertz CT molecular complexity index is 954. The second-order valence-corrected chi connectivity index (χ2v) is 8.32. The first-order valence-electron chi connectivity index (χ1n) is 10.9. The van der Waals surface area contributed by atoms with E-state index in [0.717, 1.165) is 30.9 Å². The number of hydrogen-bond donors (Lipinski definition) is 1. The average Bonchev–Trinajstić information content (AvgIpc) is 3.16. The average molecular weight is 400 g/mol. The Morgan fingerprint density at radius 3 is 2.53 bits per heavy atom. The molecule has 30 heavy (non-hydrogen) atoms. The minimum absolute atomic E-state index is 0.540. The first kappa shape index (κ1) is 19.0. The van der Waals surface area contributed by atoms with Crippen molar-refractivity contribution in [2.75, 3.05) is 30.3 Å². The molecular weight excluding hydrogens is 370 g/mol. The summed E-state index contributed by atoms with van der Waals surface area (Å²) in [5.74, 6) is 0.972. The monoisotopic (exact) mass is 399 g/mol. The van der Waals surface area contributed by atoms with Gasteiger partial charge in [-0.25, -0.2) is 0 Å². The van der Waals surface area contributed by atoms with Crippen molar-refractivity contribution < 1.29 is 4.74 Å². The molecule has 4 nitrogen and oxygen atoms in total. The van der Waals surface area contributed by atoms with E-state index in [1.165, 1.54) is 41.9 Å². The van der Waals surface area contributed by atoms with Gasteiger partial charge in [0.05, 0.1) is 5.69 Å². The highest BCUT2D eigenvalue weighted by atomic mass is 16.5. The Morgan fingerprint density at radius 1 is 0.900 bits per heavy atom. The topological polar surface area (TPSA) is 41.7 Å².